The first kappa shape index (κ1) is 31.2. The summed E-state index contributed by atoms with van der Waals surface area (Å²) in [5, 5.41) is 9.38. The third-order valence-electron chi connectivity index (χ3n) is 7.74. The number of nitrogens with zero attached hydrogens (tertiary/aromatic N) is 2. The van der Waals surface area contributed by atoms with Crippen LogP contribution in [0.3, 0.4) is 0 Å². The zero-order valence-corrected chi connectivity index (χ0v) is 25.1. The number of benzene rings is 1. The minimum absolute atomic E-state index is 0.0196. The molecule has 3 N–H and O–H groups in total. The van der Waals surface area contributed by atoms with E-state index in [1.807, 2.05) is 37.0 Å². The second-order valence-electron chi connectivity index (χ2n) is 11.0. The van der Waals surface area contributed by atoms with E-state index in [1.54, 1.807) is 24.4 Å². The van der Waals surface area contributed by atoms with Gasteiger partial charge in [-0.3, -0.25) is 24.1 Å². The predicted octanol–water partition coefficient (Wildman–Crippen LogP) is 2.79. The van der Waals surface area contributed by atoms with Gasteiger partial charge < -0.3 is 25.4 Å². The van der Waals surface area contributed by atoms with E-state index in [2.05, 4.69) is 25.7 Å². The van der Waals surface area contributed by atoms with Crippen molar-refractivity contribution in [3.8, 4) is 5.75 Å². The molecule has 0 saturated carbocycles. The van der Waals surface area contributed by atoms with Crippen molar-refractivity contribution in [1.29, 1.82) is 0 Å². The van der Waals surface area contributed by atoms with E-state index in [0.717, 1.165) is 0 Å². The molecule has 1 aromatic carbocycles. The van der Waals surface area contributed by atoms with Crippen molar-refractivity contribution in [2.24, 2.45) is 11.3 Å². The Kier molecular flexibility index (Phi) is 10.7. The largest absolute Gasteiger partial charge is 0.491 e. The van der Waals surface area contributed by atoms with Crippen LogP contribution >= 0.6 is 11.3 Å². The summed E-state index contributed by atoms with van der Waals surface area (Å²) in [6.07, 6.45) is 7.20. The molecule has 1 atom stereocenters. The molecule has 0 aliphatic carbocycles. The number of aromatic nitrogens is 1. The molecule has 1 saturated heterocycles. The first-order chi connectivity index (χ1) is 20.2. The summed E-state index contributed by atoms with van der Waals surface area (Å²) in [7, 11) is 1.33. The number of carbonyl (C=O) groups is 4. The Morgan fingerprint density at radius 3 is 2.71 bits per heavy atom. The Labute approximate surface area is 250 Å². The van der Waals surface area contributed by atoms with Crippen molar-refractivity contribution in [2.75, 3.05) is 45.2 Å². The zero-order valence-electron chi connectivity index (χ0n) is 24.3. The van der Waals surface area contributed by atoms with Gasteiger partial charge in [-0.2, -0.15) is 0 Å². The number of fused-ring (bicyclic) bond motifs is 1. The van der Waals surface area contributed by atoms with Crippen LogP contribution in [0.4, 0.5) is 5.13 Å². The molecule has 2 aliphatic rings. The molecule has 1 spiro atoms. The third-order valence-corrected chi connectivity index (χ3v) is 8.65. The van der Waals surface area contributed by atoms with E-state index in [9.17, 15) is 19.2 Å². The summed E-state index contributed by atoms with van der Waals surface area (Å²) in [5.74, 6) is -0.205. The molecular formula is C30H39N5O6S. The Morgan fingerprint density at radius 2 is 1.98 bits per heavy atom. The molecular weight excluding hydrogens is 558 g/mol. The molecule has 1 aromatic heterocycles. The number of carbonyl (C=O) groups excluding carboxylic acids is 4. The molecule has 3 amide bonds. The van der Waals surface area contributed by atoms with Gasteiger partial charge in [0, 0.05) is 17.6 Å². The molecule has 0 radical (unpaired) electrons. The summed E-state index contributed by atoms with van der Waals surface area (Å²) in [5.41, 5.74) is -0.179. The van der Waals surface area contributed by atoms with E-state index in [0.29, 0.717) is 60.2 Å². The molecule has 12 heteroatoms. The number of para-hydroxylation sites is 1. The van der Waals surface area contributed by atoms with Crippen LogP contribution in [0.1, 0.15) is 48.3 Å². The molecule has 1 fully saturated rings. The lowest BCUT2D eigenvalue weighted by molar-refractivity contribution is -0.139. The van der Waals surface area contributed by atoms with Gasteiger partial charge in [0.2, 0.25) is 11.8 Å². The number of anilines is 1. The molecule has 2 aromatic rings. The van der Waals surface area contributed by atoms with Crippen LogP contribution in [-0.4, -0.2) is 79.5 Å². The number of methoxy groups -OCH3 is 1. The number of allylic oxidation sites excluding steroid dienone is 1. The minimum Gasteiger partial charge on any atom is -0.491 e. The van der Waals surface area contributed by atoms with Crippen LogP contribution in [0.2, 0.25) is 0 Å². The summed E-state index contributed by atoms with van der Waals surface area (Å²) < 4.78 is 10.7. The van der Waals surface area contributed by atoms with Crippen LogP contribution in [0, 0.1) is 11.3 Å². The van der Waals surface area contributed by atoms with Gasteiger partial charge in [-0.1, -0.05) is 38.1 Å². The fraction of sp³-hybridized carbons (Fsp3) is 0.500. The highest BCUT2D eigenvalue weighted by Gasteiger charge is 2.41. The quantitative estimate of drug-likeness (QED) is 0.341. The van der Waals surface area contributed by atoms with Crippen molar-refractivity contribution in [2.45, 2.75) is 45.6 Å². The molecule has 42 heavy (non-hydrogen) atoms. The Balaban J connectivity index is 1.39. The van der Waals surface area contributed by atoms with Gasteiger partial charge in [0.1, 0.15) is 12.4 Å². The van der Waals surface area contributed by atoms with Crippen LogP contribution in [0.25, 0.3) is 0 Å². The second-order valence-corrected chi connectivity index (χ2v) is 12.1. The molecule has 226 valence electrons. The van der Waals surface area contributed by atoms with Gasteiger partial charge in [0.05, 0.1) is 37.1 Å². The number of ether oxygens (including phenoxy) is 2. The van der Waals surface area contributed by atoms with E-state index in [4.69, 9.17) is 4.74 Å². The zero-order chi connectivity index (χ0) is 30.1. The topological polar surface area (TPSA) is 139 Å². The number of thiazole rings is 1. The fourth-order valence-corrected chi connectivity index (χ4v) is 5.82. The lowest BCUT2D eigenvalue weighted by Gasteiger charge is -2.41. The average molecular weight is 598 g/mol. The molecule has 0 unspecified atom stereocenters. The van der Waals surface area contributed by atoms with Crippen LogP contribution in [0.15, 0.2) is 42.6 Å². The number of rotatable bonds is 6. The SMILES string of the molecule is COC(=O)Cc1cnc(NC(=O)CN2CCC3(C/C=C/CNC(=O)c4ccccc4OC[C@@H](C(C)C)NC3=O)CC2)s1. The number of hydrogen-bond donors (Lipinski definition) is 3. The van der Waals surface area contributed by atoms with Crippen molar-refractivity contribution < 1.29 is 28.7 Å². The Hall–Kier alpha value is -3.77. The fourth-order valence-electron chi connectivity index (χ4n) is 5.01. The summed E-state index contributed by atoms with van der Waals surface area (Å²) >= 11 is 1.24. The molecule has 3 heterocycles. The van der Waals surface area contributed by atoms with Crippen LogP contribution < -0.4 is 20.7 Å². The normalized spacial score (nSPS) is 20.4. The van der Waals surface area contributed by atoms with Gasteiger partial charge in [0.25, 0.3) is 5.91 Å². The highest BCUT2D eigenvalue weighted by Crippen LogP contribution is 2.36. The number of hydrogen-bond acceptors (Lipinski definition) is 9. The first-order valence-electron chi connectivity index (χ1n) is 14.2. The second kappa shape index (κ2) is 14.4. The standard InChI is InChI=1S/C30H39N5O6S/c1-20(2)23-19-41-24-9-5-4-8-22(24)27(38)31-13-7-6-10-30(28(39)33-23)11-14-35(15-12-30)18-25(36)34-29-32-17-21(42-29)16-26(37)40-3/h4-9,17,20,23H,10-16,18-19H2,1-3H3,(H,31,38)(H,33,39)(H,32,34,36)/b7-6+/t23-/m0/s1. The highest BCUT2D eigenvalue weighted by atomic mass is 32.1. The van der Waals surface area contributed by atoms with E-state index in [-0.39, 0.29) is 55.2 Å². The van der Waals surface area contributed by atoms with Gasteiger partial charge >= 0.3 is 5.97 Å². The minimum atomic E-state index is -0.638. The predicted molar refractivity (Wildman–Crippen MR) is 159 cm³/mol. The van der Waals surface area contributed by atoms with Gasteiger partial charge in [-0.15, -0.1) is 11.3 Å². The maximum absolute atomic E-state index is 13.8. The summed E-state index contributed by atoms with van der Waals surface area (Å²) in [4.78, 5) is 57.7. The van der Waals surface area contributed by atoms with Crippen molar-refractivity contribution >= 4 is 40.2 Å². The summed E-state index contributed by atoms with van der Waals surface area (Å²) in [6.45, 7) is 5.97. The van der Waals surface area contributed by atoms with Crippen molar-refractivity contribution in [1.82, 2.24) is 20.5 Å². The maximum Gasteiger partial charge on any atom is 0.310 e. The van der Waals surface area contributed by atoms with Gasteiger partial charge in [0.15, 0.2) is 5.13 Å². The molecule has 11 nitrogen and oxygen atoms in total. The Morgan fingerprint density at radius 1 is 1.21 bits per heavy atom. The van der Waals surface area contributed by atoms with Crippen molar-refractivity contribution in [3.63, 3.8) is 0 Å². The lowest BCUT2D eigenvalue weighted by atomic mass is 9.74. The molecule has 0 bridgehead atoms. The molecule has 4 rings (SSSR count). The van der Waals surface area contributed by atoms with Gasteiger partial charge in [-0.25, -0.2) is 4.98 Å². The number of piperidine rings is 1. The number of esters is 1. The smallest absolute Gasteiger partial charge is 0.310 e. The Bertz CT molecular complexity index is 1300. The van der Waals surface area contributed by atoms with E-state index < -0.39 is 5.41 Å². The summed E-state index contributed by atoms with van der Waals surface area (Å²) in [6, 6.07) is 6.86. The number of nitrogens with one attached hydrogen (secondary N) is 3. The molecule has 2 aliphatic heterocycles. The first-order valence-corrected chi connectivity index (χ1v) is 15.0. The average Bonchev–Trinajstić information content (AvgIpc) is 3.41. The monoisotopic (exact) mass is 597 g/mol. The van der Waals surface area contributed by atoms with Crippen LogP contribution in [0.5, 0.6) is 5.75 Å². The lowest BCUT2D eigenvalue weighted by Crippen LogP contribution is -2.54. The van der Waals surface area contributed by atoms with E-state index >= 15 is 0 Å². The van der Waals surface area contributed by atoms with E-state index in [1.165, 1.54) is 18.4 Å². The number of likely N-dealkylation sites (tertiary alicyclic amines) is 1. The third kappa shape index (κ3) is 8.16. The maximum atomic E-state index is 13.8. The van der Waals surface area contributed by atoms with Crippen LogP contribution in [-0.2, 0) is 25.5 Å². The van der Waals surface area contributed by atoms with Gasteiger partial charge in [-0.05, 0) is 50.4 Å². The highest BCUT2D eigenvalue weighted by molar-refractivity contribution is 7.15. The van der Waals surface area contributed by atoms with Crippen molar-refractivity contribution in [3.05, 3.63) is 53.1 Å². The number of amides is 3.